The summed E-state index contributed by atoms with van der Waals surface area (Å²) in [6.45, 7) is 5.03. The van der Waals surface area contributed by atoms with Crippen LogP contribution >= 0.6 is 0 Å². The van der Waals surface area contributed by atoms with E-state index >= 15 is 0 Å². The highest BCUT2D eigenvalue weighted by molar-refractivity contribution is 6.07. The van der Waals surface area contributed by atoms with Crippen molar-refractivity contribution >= 4 is 34.8 Å². The number of hydrogen-bond acceptors (Lipinski definition) is 8. The minimum absolute atomic E-state index is 0.0791. The molecule has 0 unspecified atom stereocenters. The van der Waals surface area contributed by atoms with Gasteiger partial charge in [0.2, 0.25) is 0 Å². The van der Waals surface area contributed by atoms with Gasteiger partial charge in [-0.25, -0.2) is 0 Å². The number of anilines is 2. The van der Waals surface area contributed by atoms with Crippen molar-refractivity contribution in [3.8, 4) is 0 Å². The lowest BCUT2D eigenvalue weighted by atomic mass is 10.1. The van der Waals surface area contributed by atoms with Crippen LogP contribution in [0.25, 0.3) is 0 Å². The molecule has 2 aliphatic rings. The first kappa shape index (κ1) is 28.7. The van der Waals surface area contributed by atoms with Crippen LogP contribution in [0.2, 0.25) is 0 Å². The number of pyridine rings is 1. The number of benzene rings is 2. The summed E-state index contributed by atoms with van der Waals surface area (Å²) in [5.41, 5.74) is 2.34. The zero-order chi connectivity index (χ0) is 29.5. The number of amides is 3. The van der Waals surface area contributed by atoms with Gasteiger partial charge in [0.15, 0.2) is 0 Å². The van der Waals surface area contributed by atoms with Gasteiger partial charge in [-0.3, -0.25) is 29.5 Å². The largest absolute Gasteiger partial charge is 0.368 e. The molecule has 0 radical (unpaired) electrons. The van der Waals surface area contributed by atoms with Gasteiger partial charge in [-0.15, -0.1) is 0 Å². The zero-order valence-electron chi connectivity index (χ0n) is 23.2. The van der Waals surface area contributed by atoms with E-state index in [0.717, 1.165) is 25.2 Å². The van der Waals surface area contributed by atoms with E-state index in [1.165, 1.54) is 24.3 Å². The second kappa shape index (κ2) is 13.2. The van der Waals surface area contributed by atoms with E-state index in [4.69, 9.17) is 0 Å². The Morgan fingerprint density at radius 2 is 1.55 bits per heavy atom. The number of non-ortho nitro benzene ring substituents is 1. The fourth-order valence-corrected chi connectivity index (χ4v) is 5.24. The molecule has 2 fully saturated rings. The van der Waals surface area contributed by atoms with E-state index in [1.54, 1.807) is 41.6 Å². The minimum Gasteiger partial charge on any atom is -0.368 e. The van der Waals surface area contributed by atoms with E-state index in [-0.39, 0.29) is 23.1 Å². The molecule has 2 aromatic carbocycles. The highest BCUT2D eigenvalue weighted by Crippen LogP contribution is 2.30. The number of aromatic nitrogens is 1. The first-order valence-electron chi connectivity index (χ1n) is 14.0. The number of nitrogens with one attached hydrogen (secondary N) is 2. The molecule has 3 aromatic rings. The van der Waals surface area contributed by atoms with Crippen LogP contribution in [0, 0.1) is 10.1 Å². The molecule has 3 heterocycles. The Morgan fingerprint density at radius 3 is 2.31 bits per heavy atom. The average Bonchev–Trinajstić information content (AvgIpc) is 3.45. The number of rotatable bonds is 6. The van der Waals surface area contributed by atoms with Crippen molar-refractivity contribution in [2.24, 2.45) is 0 Å². The summed E-state index contributed by atoms with van der Waals surface area (Å²) >= 11 is 0. The summed E-state index contributed by atoms with van der Waals surface area (Å²) in [6, 6.07) is 14.2. The fraction of sp³-hybridized carbons (Fsp3) is 0.333. The van der Waals surface area contributed by atoms with Gasteiger partial charge in [-0.1, -0.05) is 0 Å². The second-order valence-electron chi connectivity index (χ2n) is 10.3. The molecule has 5 rings (SSSR count). The molecule has 218 valence electrons. The van der Waals surface area contributed by atoms with E-state index in [2.05, 4.69) is 20.5 Å². The van der Waals surface area contributed by atoms with Crippen LogP contribution in [0.5, 0.6) is 0 Å². The van der Waals surface area contributed by atoms with Crippen LogP contribution in [0.1, 0.15) is 43.9 Å². The molecule has 2 aliphatic heterocycles. The van der Waals surface area contributed by atoms with Crippen LogP contribution in [0.15, 0.2) is 67.0 Å². The van der Waals surface area contributed by atoms with Gasteiger partial charge in [-0.05, 0) is 61.9 Å². The molecule has 12 heteroatoms. The molecular formula is C30H33N7O5. The summed E-state index contributed by atoms with van der Waals surface area (Å²) in [5, 5.41) is 17.3. The van der Waals surface area contributed by atoms with Gasteiger partial charge in [-0.2, -0.15) is 0 Å². The Morgan fingerprint density at radius 1 is 0.810 bits per heavy atom. The SMILES string of the molecule is O=C(Nc1cc(C(=O)N2CCCNCC2)ccc1N1CCCN(C(=O)c2cccnc2)CC1)c1ccc([N+](=O)[O-])cc1. The van der Waals surface area contributed by atoms with Crippen LogP contribution in [0.4, 0.5) is 17.1 Å². The Bertz CT molecular complexity index is 1440. The molecule has 0 atom stereocenters. The molecular weight excluding hydrogens is 538 g/mol. The van der Waals surface area contributed by atoms with Crippen molar-refractivity contribution in [2.45, 2.75) is 12.8 Å². The van der Waals surface area contributed by atoms with Crippen molar-refractivity contribution in [1.82, 2.24) is 20.1 Å². The van der Waals surface area contributed by atoms with E-state index in [9.17, 15) is 24.5 Å². The maximum atomic E-state index is 13.4. The predicted molar refractivity (Wildman–Crippen MR) is 158 cm³/mol. The average molecular weight is 572 g/mol. The number of nitro groups is 1. The fourth-order valence-electron chi connectivity index (χ4n) is 5.24. The van der Waals surface area contributed by atoms with Gasteiger partial charge >= 0.3 is 0 Å². The molecule has 42 heavy (non-hydrogen) atoms. The molecule has 0 aliphatic carbocycles. The highest BCUT2D eigenvalue weighted by atomic mass is 16.6. The summed E-state index contributed by atoms with van der Waals surface area (Å²) in [6.07, 6.45) is 4.76. The lowest BCUT2D eigenvalue weighted by Gasteiger charge is -2.27. The number of carbonyl (C=O) groups excluding carboxylic acids is 3. The monoisotopic (exact) mass is 571 g/mol. The number of nitrogens with zero attached hydrogens (tertiary/aromatic N) is 5. The summed E-state index contributed by atoms with van der Waals surface area (Å²) in [4.78, 5) is 60.0. The third kappa shape index (κ3) is 6.72. The predicted octanol–water partition coefficient (Wildman–Crippen LogP) is 3.03. The summed E-state index contributed by atoms with van der Waals surface area (Å²) in [5.74, 6) is -0.636. The molecule has 0 spiro atoms. The molecule has 3 amide bonds. The van der Waals surface area contributed by atoms with Crippen molar-refractivity contribution in [1.29, 1.82) is 0 Å². The Labute approximate surface area is 243 Å². The lowest BCUT2D eigenvalue weighted by Crippen LogP contribution is -2.35. The van der Waals surface area contributed by atoms with E-state index in [1.807, 2.05) is 11.0 Å². The van der Waals surface area contributed by atoms with Crippen LogP contribution < -0.4 is 15.5 Å². The summed E-state index contributed by atoms with van der Waals surface area (Å²) < 4.78 is 0. The quantitative estimate of drug-likeness (QED) is 0.340. The Hall–Kier alpha value is -4.84. The molecule has 0 saturated carbocycles. The Balaban J connectivity index is 1.40. The van der Waals surface area contributed by atoms with Crippen LogP contribution in [0.3, 0.4) is 0 Å². The standard InChI is InChI=1S/C30H33N7O5/c38-28(22-5-8-25(9-6-22)37(41)42)33-26-20-23(29(39)35-14-2-12-31-13-17-35)7-10-27(26)34-15-3-16-36(19-18-34)30(40)24-4-1-11-32-21-24/h1,4-11,20-21,31H,2-3,12-19H2,(H,33,38). The van der Waals surface area contributed by atoms with Crippen molar-refractivity contribution < 1.29 is 19.3 Å². The van der Waals surface area contributed by atoms with Gasteiger partial charge in [0.25, 0.3) is 23.4 Å². The van der Waals surface area contributed by atoms with Crippen molar-refractivity contribution in [3.63, 3.8) is 0 Å². The number of hydrogen-bond donors (Lipinski definition) is 2. The van der Waals surface area contributed by atoms with Gasteiger partial charge in [0.05, 0.1) is 21.9 Å². The van der Waals surface area contributed by atoms with Gasteiger partial charge in [0.1, 0.15) is 0 Å². The minimum atomic E-state index is -0.519. The van der Waals surface area contributed by atoms with Gasteiger partial charge in [0, 0.05) is 81.5 Å². The number of carbonyl (C=O) groups is 3. The second-order valence-corrected chi connectivity index (χ2v) is 10.3. The molecule has 0 bridgehead atoms. The van der Waals surface area contributed by atoms with Crippen LogP contribution in [-0.4, -0.2) is 89.8 Å². The first-order valence-corrected chi connectivity index (χ1v) is 14.0. The maximum absolute atomic E-state index is 13.4. The molecule has 12 nitrogen and oxygen atoms in total. The molecule has 2 N–H and O–H groups in total. The van der Waals surface area contributed by atoms with Gasteiger partial charge < -0.3 is 25.3 Å². The smallest absolute Gasteiger partial charge is 0.269 e. The summed E-state index contributed by atoms with van der Waals surface area (Å²) in [7, 11) is 0. The van der Waals surface area contributed by atoms with E-state index in [0.29, 0.717) is 62.5 Å². The third-order valence-corrected chi connectivity index (χ3v) is 7.49. The lowest BCUT2D eigenvalue weighted by molar-refractivity contribution is -0.384. The van der Waals surface area contributed by atoms with Crippen LogP contribution in [-0.2, 0) is 0 Å². The third-order valence-electron chi connectivity index (χ3n) is 7.49. The first-order chi connectivity index (χ1) is 20.4. The maximum Gasteiger partial charge on any atom is 0.269 e. The van der Waals surface area contributed by atoms with Crippen molar-refractivity contribution in [3.05, 3.63) is 93.8 Å². The highest BCUT2D eigenvalue weighted by Gasteiger charge is 2.24. The normalized spacial score (nSPS) is 15.9. The topological polar surface area (TPSA) is 141 Å². The van der Waals surface area contributed by atoms with E-state index < -0.39 is 10.8 Å². The zero-order valence-corrected chi connectivity index (χ0v) is 23.2. The van der Waals surface area contributed by atoms with Crippen molar-refractivity contribution in [2.75, 3.05) is 62.6 Å². The number of nitro benzene ring substituents is 1. The molecule has 2 saturated heterocycles. The Kier molecular flexibility index (Phi) is 9.02. The molecule has 1 aromatic heterocycles.